The van der Waals surface area contributed by atoms with E-state index >= 15 is 0 Å². The van der Waals surface area contributed by atoms with Gasteiger partial charge in [0.15, 0.2) is 11.6 Å². The van der Waals surface area contributed by atoms with Gasteiger partial charge in [-0.2, -0.15) is 0 Å². The molecule has 0 spiro atoms. The normalized spacial score (nSPS) is 25.7. The van der Waals surface area contributed by atoms with Crippen molar-refractivity contribution in [2.45, 2.75) is 43.7 Å². The number of benzene rings is 1. The summed E-state index contributed by atoms with van der Waals surface area (Å²) >= 11 is 3.48. The van der Waals surface area contributed by atoms with Gasteiger partial charge in [-0.3, -0.25) is 0 Å². The number of aliphatic hydroxyl groups is 2. The lowest BCUT2D eigenvalue weighted by Crippen LogP contribution is -2.35. The topological polar surface area (TPSA) is 106 Å². The highest BCUT2D eigenvalue weighted by molar-refractivity contribution is 9.10. The minimum atomic E-state index is -1.22. The number of hydrogen-bond acceptors (Lipinski definition) is 6. The van der Waals surface area contributed by atoms with E-state index in [2.05, 4.69) is 26.2 Å². The molecule has 1 saturated carbocycles. The molecule has 5 N–H and O–H groups in total. The van der Waals surface area contributed by atoms with Gasteiger partial charge in [-0.05, 0) is 35.0 Å². The van der Waals surface area contributed by atoms with Crippen molar-refractivity contribution in [3.8, 4) is 5.75 Å². The molecule has 1 aromatic carbocycles. The minimum Gasteiger partial charge on any atom is -0.487 e. The lowest BCUT2D eigenvalue weighted by molar-refractivity contribution is -0.0167. The molecule has 0 bridgehead atoms. The maximum absolute atomic E-state index is 14.2. The highest BCUT2D eigenvalue weighted by Gasteiger charge is 2.45. The Hall–Kier alpha value is -2.27. The molecule has 0 unspecified atom stereocenters. The number of halogens is 3. The van der Waals surface area contributed by atoms with Crippen molar-refractivity contribution in [3.63, 3.8) is 0 Å². The average molecular weight is 495 g/mol. The van der Waals surface area contributed by atoms with Crippen LogP contribution in [0.4, 0.5) is 14.5 Å². The molecule has 0 radical (unpaired) electrons. The van der Waals surface area contributed by atoms with E-state index in [9.17, 15) is 19.0 Å². The second-order valence-corrected chi connectivity index (χ2v) is 8.83. The van der Waals surface area contributed by atoms with E-state index in [0.717, 1.165) is 10.5 Å². The summed E-state index contributed by atoms with van der Waals surface area (Å²) in [6.45, 7) is 0.889. The number of nitrogens with two attached hydrogens (primary N) is 1. The molecule has 1 aliphatic carbocycles. The molecule has 3 aromatic rings. The monoisotopic (exact) mass is 494 g/mol. The van der Waals surface area contributed by atoms with Gasteiger partial charge in [-0.15, -0.1) is 0 Å². The fourth-order valence-corrected chi connectivity index (χ4v) is 5.23. The Morgan fingerprint density at radius 1 is 1.26 bits per heavy atom. The first-order chi connectivity index (χ1) is 14.9. The second kappa shape index (κ2) is 7.70. The van der Waals surface area contributed by atoms with E-state index in [0.29, 0.717) is 47.4 Å². The number of hydrogen-bond donors (Lipinski definition) is 4. The Bertz CT molecular complexity index is 1170. The SMILES string of the molecule is Nc1ccnc2c1c(Br)cn2[C@@H]1C[C@H](Oc2cc(F)c(F)c3c2CNCC3)[C@@H](O)[C@H]1O. The van der Waals surface area contributed by atoms with Crippen molar-refractivity contribution >= 4 is 32.7 Å². The van der Waals surface area contributed by atoms with Crippen LogP contribution in [-0.4, -0.2) is 44.6 Å². The van der Waals surface area contributed by atoms with Crippen LogP contribution in [0.2, 0.25) is 0 Å². The Morgan fingerprint density at radius 3 is 2.87 bits per heavy atom. The summed E-state index contributed by atoms with van der Waals surface area (Å²) in [4.78, 5) is 4.37. The number of nitrogen functional groups attached to an aromatic ring is 1. The fraction of sp³-hybridized carbons (Fsp3) is 0.381. The number of aromatic nitrogens is 2. The lowest BCUT2D eigenvalue weighted by atomic mass is 9.99. The molecule has 1 fully saturated rings. The molecule has 5 rings (SSSR count). The predicted molar refractivity (Wildman–Crippen MR) is 114 cm³/mol. The number of nitrogens with one attached hydrogen (secondary N) is 1. The van der Waals surface area contributed by atoms with Gasteiger partial charge in [0.2, 0.25) is 0 Å². The number of rotatable bonds is 3. The zero-order valence-electron chi connectivity index (χ0n) is 16.4. The van der Waals surface area contributed by atoms with Gasteiger partial charge in [0.25, 0.3) is 0 Å². The van der Waals surface area contributed by atoms with E-state index in [-0.39, 0.29) is 12.2 Å². The molecule has 2 aliphatic rings. The Morgan fingerprint density at radius 2 is 2.06 bits per heavy atom. The zero-order chi connectivity index (χ0) is 21.9. The van der Waals surface area contributed by atoms with Crippen molar-refractivity contribution in [1.82, 2.24) is 14.9 Å². The second-order valence-electron chi connectivity index (χ2n) is 7.98. The van der Waals surface area contributed by atoms with Gasteiger partial charge in [0, 0.05) is 52.7 Å². The summed E-state index contributed by atoms with van der Waals surface area (Å²) in [6, 6.07) is 2.16. The fourth-order valence-electron chi connectivity index (χ4n) is 4.61. The smallest absolute Gasteiger partial charge is 0.162 e. The molecule has 3 heterocycles. The summed E-state index contributed by atoms with van der Waals surface area (Å²) in [5.74, 6) is -1.67. The first kappa shape index (κ1) is 20.6. The molecular formula is C21H21BrF2N4O3. The largest absolute Gasteiger partial charge is 0.487 e. The molecule has 164 valence electrons. The molecule has 2 aromatic heterocycles. The van der Waals surface area contributed by atoms with Crippen LogP contribution in [0.3, 0.4) is 0 Å². The van der Waals surface area contributed by atoms with E-state index in [4.69, 9.17) is 10.5 Å². The number of pyridine rings is 1. The van der Waals surface area contributed by atoms with Crippen LogP contribution in [0.15, 0.2) is 29.0 Å². The summed E-state index contributed by atoms with van der Waals surface area (Å²) in [6.07, 6.45) is 0.763. The van der Waals surface area contributed by atoms with Gasteiger partial charge in [-0.1, -0.05) is 0 Å². The van der Waals surface area contributed by atoms with Crippen LogP contribution in [0.25, 0.3) is 11.0 Å². The van der Waals surface area contributed by atoms with Crippen LogP contribution in [0, 0.1) is 11.6 Å². The molecule has 1 aliphatic heterocycles. The number of aliphatic hydroxyl groups excluding tert-OH is 2. The number of ether oxygens (including phenoxy) is 1. The summed E-state index contributed by atoms with van der Waals surface area (Å²) in [7, 11) is 0. The zero-order valence-corrected chi connectivity index (χ0v) is 17.9. The molecular weight excluding hydrogens is 474 g/mol. The lowest BCUT2D eigenvalue weighted by Gasteiger charge is -2.25. The Labute approximate surface area is 185 Å². The number of anilines is 1. The number of fused-ring (bicyclic) bond motifs is 2. The maximum Gasteiger partial charge on any atom is 0.162 e. The van der Waals surface area contributed by atoms with E-state index in [1.165, 1.54) is 0 Å². The number of nitrogens with zero attached hydrogens (tertiary/aromatic N) is 2. The van der Waals surface area contributed by atoms with Gasteiger partial charge >= 0.3 is 0 Å². The highest BCUT2D eigenvalue weighted by atomic mass is 79.9. The molecule has 0 saturated heterocycles. The summed E-state index contributed by atoms with van der Waals surface area (Å²) in [5, 5.41) is 25.3. The third-order valence-electron chi connectivity index (χ3n) is 6.18. The third-order valence-corrected chi connectivity index (χ3v) is 6.78. The summed E-state index contributed by atoms with van der Waals surface area (Å²) < 4.78 is 36.8. The Kier molecular flexibility index (Phi) is 5.12. The minimum absolute atomic E-state index is 0.180. The van der Waals surface area contributed by atoms with Crippen molar-refractivity contribution in [1.29, 1.82) is 0 Å². The molecule has 0 amide bonds. The molecule has 31 heavy (non-hydrogen) atoms. The third kappa shape index (κ3) is 3.29. The van der Waals surface area contributed by atoms with Gasteiger partial charge in [0.1, 0.15) is 29.7 Å². The van der Waals surface area contributed by atoms with Crippen LogP contribution in [-0.2, 0) is 13.0 Å². The van der Waals surface area contributed by atoms with Crippen molar-refractivity contribution in [3.05, 3.63) is 51.8 Å². The van der Waals surface area contributed by atoms with E-state index in [1.807, 2.05) is 0 Å². The van der Waals surface area contributed by atoms with Crippen molar-refractivity contribution in [2.24, 2.45) is 0 Å². The quantitative estimate of drug-likeness (QED) is 0.445. The highest BCUT2D eigenvalue weighted by Crippen LogP contribution is 2.40. The van der Waals surface area contributed by atoms with Gasteiger partial charge in [0.05, 0.1) is 11.4 Å². The van der Waals surface area contributed by atoms with Crippen molar-refractivity contribution < 1.29 is 23.7 Å². The van der Waals surface area contributed by atoms with Crippen LogP contribution in [0.1, 0.15) is 23.6 Å². The summed E-state index contributed by atoms with van der Waals surface area (Å²) in [5.41, 5.74) is 8.00. The molecule has 10 heteroatoms. The van der Waals surface area contributed by atoms with Crippen LogP contribution < -0.4 is 15.8 Å². The first-order valence-corrected chi connectivity index (χ1v) is 10.8. The maximum atomic E-state index is 14.2. The standard InChI is InChI=1S/C21H21BrF2N4O3/c22-11-8-28(21-17(11)13(25)2-4-27-21)14-6-16(20(30)19(14)29)31-15-5-12(23)18(24)9-1-3-26-7-10(9)15/h2,4-5,8,14,16,19-20,26,29-30H,1,3,6-7H2,(H2,25,27)/t14-,16+,19+,20-/m1/s1. The molecule has 4 atom stereocenters. The van der Waals surface area contributed by atoms with Gasteiger partial charge in [-0.25, -0.2) is 13.8 Å². The van der Waals surface area contributed by atoms with E-state index < -0.39 is 36.0 Å². The first-order valence-electron chi connectivity index (χ1n) is 10.0. The van der Waals surface area contributed by atoms with Crippen LogP contribution >= 0.6 is 15.9 Å². The predicted octanol–water partition coefficient (Wildman–Crippen LogP) is 2.42. The molecule has 7 nitrogen and oxygen atoms in total. The average Bonchev–Trinajstić information content (AvgIpc) is 3.24. The van der Waals surface area contributed by atoms with Crippen molar-refractivity contribution in [2.75, 3.05) is 12.3 Å². The van der Waals surface area contributed by atoms with E-state index in [1.54, 1.807) is 23.0 Å². The Balaban J connectivity index is 1.48. The van der Waals surface area contributed by atoms with Crippen LogP contribution in [0.5, 0.6) is 5.75 Å². The van der Waals surface area contributed by atoms with Gasteiger partial charge < -0.3 is 30.6 Å².